The maximum atomic E-state index is 11.3. The van der Waals surface area contributed by atoms with E-state index in [2.05, 4.69) is 5.32 Å². The monoisotopic (exact) mass is 245 g/mol. The van der Waals surface area contributed by atoms with Gasteiger partial charge in [0.15, 0.2) is 0 Å². The molecule has 2 aromatic carbocycles. The van der Waals surface area contributed by atoms with Crippen LogP contribution >= 0.6 is 0 Å². The van der Waals surface area contributed by atoms with Crippen LogP contribution < -0.4 is 10.1 Å². The van der Waals surface area contributed by atoms with Crippen molar-refractivity contribution < 1.29 is 14.3 Å². The maximum absolute atomic E-state index is 11.3. The van der Waals surface area contributed by atoms with Crippen LogP contribution in [-0.2, 0) is 4.74 Å². The lowest BCUT2D eigenvalue weighted by atomic mass is 10.1. The number of rotatable bonds is 3. The van der Waals surface area contributed by atoms with Crippen molar-refractivity contribution in [2.24, 2.45) is 0 Å². The van der Waals surface area contributed by atoms with Gasteiger partial charge in [0.25, 0.3) is 0 Å². The van der Waals surface area contributed by atoms with Gasteiger partial charge >= 0.3 is 6.09 Å². The van der Waals surface area contributed by atoms with Crippen molar-refractivity contribution in [3.05, 3.63) is 36.4 Å². The predicted molar refractivity (Wildman–Crippen MR) is 71.1 cm³/mol. The Labute approximate surface area is 106 Å². The third kappa shape index (κ3) is 2.53. The molecule has 0 saturated carbocycles. The summed E-state index contributed by atoms with van der Waals surface area (Å²) >= 11 is 0. The van der Waals surface area contributed by atoms with E-state index in [9.17, 15) is 4.79 Å². The largest absolute Gasteiger partial charge is 0.496 e. The van der Waals surface area contributed by atoms with Crippen molar-refractivity contribution >= 4 is 22.6 Å². The Morgan fingerprint density at radius 2 is 2.11 bits per heavy atom. The van der Waals surface area contributed by atoms with E-state index in [1.165, 1.54) is 0 Å². The standard InChI is InChI=1S/C14H15NO3/c1-3-18-14(16)15-11-7-8-12-10(9-11)5-4-6-13(12)17-2/h4-9H,3H2,1-2H3,(H,15,16). The first-order chi connectivity index (χ1) is 8.74. The molecular weight excluding hydrogens is 230 g/mol. The zero-order valence-electron chi connectivity index (χ0n) is 10.4. The Morgan fingerprint density at radius 3 is 2.83 bits per heavy atom. The highest BCUT2D eigenvalue weighted by molar-refractivity contribution is 5.94. The molecule has 1 amide bonds. The predicted octanol–water partition coefficient (Wildman–Crippen LogP) is 3.42. The van der Waals surface area contributed by atoms with Gasteiger partial charge in [-0.25, -0.2) is 4.79 Å². The van der Waals surface area contributed by atoms with Gasteiger partial charge in [-0.15, -0.1) is 0 Å². The van der Waals surface area contributed by atoms with Gasteiger partial charge in [0.1, 0.15) is 5.75 Å². The molecule has 0 spiro atoms. The number of hydrogen-bond donors (Lipinski definition) is 1. The SMILES string of the molecule is CCOC(=O)Nc1ccc2c(OC)cccc2c1. The number of benzene rings is 2. The molecule has 2 aromatic rings. The molecule has 0 fully saturated rings. The molecule has 0 aliphatic heterocycles. The van der Waals surface area contributed by atoms with Crippen LogP contribution in [0.25, 0.3) is 10.8 Å². The van der Waals surface area contributed by atoms with Crippen LogP contribution in [0, 0.1) is 0 Å². The van der Waals surface area contributed by atoms with E-state index in [1.54, 1.807) is 14.0 Å². The van der Waals surface area contributed by atoms with Gasteiger partial charge in [0.05, 0.1) is 13.7 Å². The summed E-state index contributed by atoms with van der Waals surface area (Å²) in [5.41, 5.74) is 0.703. The number of anilines is 1. The normalized spacial score (nSPS) is 10.1. The number of methoxy groups -OCH3 is 1. The molecule has 4 nitrogen and oxygen atoms in total. The smallest absolute Gasteiger partial charge is 0.411 e. The average molecular weight is 245 g/mol. The molecule has 0 bridgehead atoms. The minimum absolute atomic E-state index is 0.354. The Morgan fingerprint density at radius 1 is 1.28 bits per heavy atom. The molecule has 2 rings (SSSR count). The van der Waals surface area contributed by atoms with Gasteiger partial charge in [0, 0.05) is 11.1 Å². The fraction of sp³-hybridized carbons (Fsp3) is 0.214. The molecule has 0 unspecified atom stereocenters. The minimum Gasteiger partial charge on any atom is -0.496 e. The quantitative estimate of drug-likeness (QED) is 0.901. The number of amides is 1. The maximum Gasteiger partial charge on any atom is 0.411 e. The van der Waals surface area contributed by atoms with Crippen molar-refractivity contribution in [1.82, 2.24) is 0 Å². The lowest BCUT2D eigenvalue weighted by Gasteiger charge is -2.08. The number of hydrogen-bond acceptors (Lipinski definition) is 3. The van der Waals surface area contributed by atoms with Crippen molar-refractivity contribution in [2.75, 3.05) is 19.0 Å². The number of carbonyl (C=O) groups excluding carboxylic acids is 1. The average Bonchev–Trinajstić information content (AvgIpc) is 2.38. The van der Waals surface area contributed by atoms with E-state index in [1.807, 2.05) is 36.4 Å². The number of ether oxygens (including phenoxy) is 2. The molecule has 0 saturated heterocycles. The first-order valence-electron chi connectivity index (χ1n) is 5.75. The Hall–Kier alpha value is -2.23. The van der Waals surface area contributed by atoms with Gasteiger partial charge in [-0.3, -0.25) is 5.32 Å². The summed E-state index contributed by atoms with van der Waals surface area (Å²) in [5, 5.41) is 4.68. The van der Waals surface area contributed by atoms with E-state index >= 15 is 0 Å². The van der Waals surface area contributed by atoms with Crippen molar-refractivity contribution in [3.8, 4) is 5.75 Å². The summed E-state index contributed by atoms with van der Waals surface area (Å²) in [5.74, 6) is 0.815. The fourth-order valence-electron chi connectivity index (χ4n) is 1.79. The van der Waals surface area contributed by atoms with E-state index in [0.29, 0.717) is 12.3 Å². The van der Waals surface area contributed by atoms with Gasteiger partial charge in [0.2, 0.25) is 0 Å². The van der Waals surface area contributed by atoms with Gasteiger partial charge in [-0.1, -0.05) is 12.1 Å². The Kier molecular flexibility index (Phi) is 3.67. The lowest BCUT2D eigenvalue weighted by molar-refractivity contribution is 0.168. The zero-order chi connectivity index (χ0) is 13.0. The van der Waals surface area contributed by atoms with Crippen molar-refractivity contribution in [1.29, 1.82) is 0 Å². The third-order valence-electron chi connectivity index (χ3n) is 2.58. The van der Waals surface area contributed by atoms with Crippen molar-refractivity contribution in [3.63, 3.8) is 0 Å². The van der Waals surface area contributed by atoms with E-state index in [4.69, 9.17) is 9.47 Å². The first-order valence-corrected chi connectivity index (χ1v) is 5.75. The summed E-state index contributed by atoms with van der Waals surface area (Å²) in [4.78, 5) is 11.3. The molecule has 0 heterocycles. The van der Waals surface area contributed by atoms with Crippen LogP contribution in [0.15, 0.2) is 36.4 Å². The molecule has 0 aromatic heterocycles. The number of carbonyl (C=O) groups is 1. The van der Waals surface area contributed by atoms with Crippen LogP contribution in [0.5, 0.6) is 5.75 Å². The van der Waals surface area contributed by atoms with Gasteiger partial charge in [-0.05, 0) is 36.6 Å². The Bertz CT molecular complexity index is 566. The molecule has 94 valence electrons. The summed E-state index contributed by atoms with van der Waals surface area (Å²) in [7, 11) is 1.64. The molecular formula is C14H15NO3. The summed E-state index contributed by atoms with van der Waals surface area (Å²) in [6.07, 6.45) is -0.445. The van der Waals surface area contributed by atoms with Crippen LogP contribution in [0.3, 0.4) is 0 Å². The zero-order valence-corrected chi connectivity index (χ0v) is 10.4. The molecule has 0 aliphatic rings. The molecule has 4 heteroatoms. The molecule has 1 N–H and O–H groups in total. The van der Waals surface area contributed by atoms with E-state index in [-0.39, 0.29) is 0 Å². The second-order valence-electron chi connectivity index (χ2n) is 3.74. The highest BCUT2D eigenvalue weighted by Crippen LogP contribution is 2.27. The second kappa shape index (κ2) is 5.40. The lowest BCUT2D eigenvalue weighted by Crippen LogP contribution is -2.13. The van der Waals surface area contributed by atoms with Crippen molar-refractivity contribution in [2.45, 2.75) is 6.92 Å². The van der Waals surface area contributed by atoms with Gasteiger partial charge in [-0.2, -0.15) is 0 Å². The topological polar surface area (TPSA) is 47.6 Å². The Balaban J connectivity index is 2.30. The van der Waals surface area contributed by atoms with Crippen LogP contribution in [0.1, 0.15) is 6.92 Å². The summed E-state index contributed by atoms with van der Waals surface area (Å²) in [6.45, 7) is 2.12. The first kappa shape index (κ1) is 12.2. The molecule has 0 aliphatic carbocycles. The molecule has 18 heavy (non-hydrogen) atoms. The van der Waals surface area contributed by atoms with E-state index < -0.39 is 6.09 Å². The minimum atomic E-state index is -0.445. The fourth-order valence-corrected chi connectivity index (χ4v) is 1.79. The van der Waals surface area contributed by atoms with Crippen LogP contribution in [0.2, 0.25) is 0 Å². The van der Waals surface area contributed by atoms with E-state index in [0.717, 1.165) is 16.5 Å². The van der Waals surface area contributed by atoms with Crippen LogP contribution in [-0.4, -0.2) is 19.8 Å². The third-order valence-corrected chi connectivity index (χ3v) is 2.58. The number of fused-ring (bicyclic) bond motifs is 1. The summed E-state index contributed by atoms with van der Waals surface area (Å²) in [6, 6.07) is 11.4. The molecule has 0 atom stereocenters. The molecule has 0 radical (unpaired) electrons. The summed E-state index contributed by atoms with van der Waals surface area (Å²) < 4.78 is 10.1. The highest BCUT2D eigenvalue weighted by Gasteiger charge is 2.05. The number of nitrogens with one attached hydrogen (secondary N) is 1. The second-order valence-corrected chi connectivity index (χ2v) is 3.74. The van der Waals surface area contributed by atoms with Crippen LogP contribution in [0.4, 0.5) is 10.5 Å². The highest BCUT2D eigenvalue weighted by atomic mass is 16.5. The van der Waals surface area contributed by atoms with Gasteiger partial charge < -0.3 is 9.47 Å².